The summed E-state index contributed by atoms with van der Waals surface area (Å²) >= 11 is 0. The van der Waals surface area contributed by atoms with Crippen molar-refractivity contribution >= 4 is 12.1 Å². The second-order valence-corrected chi connectivity index (χ2v) is 9.67. The molecule has 1 aliphatic rings. The van der Waals surface area contributed by atoms with Crippen molar-refractivity contribution in [1.82, 2.24) is 29.7 Å². The molecule has 1 fully saturated rings. The second kappa shape index (κ2) is 15.3. The molecular weight excluding hydrogens is 488 g/mol. The van der Waals surface area contributed by atoms with Crippen molar-refractivity contribution < 1.29 is 9.59 Å². The van der Waals surface area contributed by atoms with Gasteiger partial charge in [0, 0.05) is 40.4 Å². The minimum atomic E-state index is -0.358. The quantitative estimate of drug-likeness (QED) is 0.427. The maximum atomic E-state index is 11.2. The van der Waals surface area contributed by atoms with Crippen LogP contribution in [-0.4, -0.2) is 62.9 Å². The van der Waals surface area contributed by atoms with Gasteiger partial charge in [0.15, 0.2) is 0 Å². The minimum absolute atomic E-state index is 0.358. The molecule has 8 nitrogen and oxygen atoms in total. The molecule has 0 bridgehead atoms. The van der Waals surface area contributed by atoms with E-state index in [1.165, 1.54) is 33.5 Å². The van der Waals surface area contributed by atoms with Crippen LogP contribution >= 0.6 is 0 Å². The maximum absolute atomic E-state index is 11.2. The molecule has 0 aliphatic carbocycles. The Balaban J connectivity index is 0.000000295. The van der Waals surface area contributed by atoms with E-state index in [0.29, 0.717) is 5.82 Å². The lowest BCUT2D eigenvalue weighted by atomic mass is 9.85. The van der Waals surface area contributed by atoms with Crippen LogP contribution in [0, 0.1) is 20.8 Å². The normalized spacial score (nSPS) is 13.2. The number of carbonyl (C=O) groups is 2. The van der Waals surface area contributed by atoms with Gasteiger partial charge in [-0.1, -0.05) is 48.1 Å². The van der Waals surface area contributed by atoms with Crippen LogP contribution in [0.4, 0.5) is 9.59 Å². The summed E-state index contributed by atoms with van der Waals surface area (Å²) in [6, 6.07) is -0.716. The Kier molecular flexibility index (Phi) is 13.3. The number of amides is 4. The highest BCUT2D eigenvalue weighted by molar-refractivity contribution is 5.97. The van der Waals surface area contributed by atoms with E-state index in [2.05, 4.69) is 83.8 Å². The molecule has 1 aliphatic heterocycles. The van der Waals surface area contributed by atoms with Crippen molar-refractivity contribution in [3.05, 3.63) is 63.3 Å². The molecule has 0 atom stereocenters. The van der Waals surface area contributed by atoms with Crippen LogP contribution in [0.25, 0.3) is 0 Å². The second-order valence-electron chi connectivity index (χ2n) is 9.67. The average Bonchev–Trinajstić information content (AvgIpc) is 2.95. The predicted octanol–water partition coefficient (Wildman–Crippen LogP) is 6.36. The Morgan fingerprint density at radius 3 is 0.974 bits per heavy atom. The smallest absolute Gasteiger partial charge is 0.283 e. The van der Waals surface area contributed by atoms with Gasteiger partial charge in [0.1, 0.15) is 23.3 Å². The molecule has 0 saturated carbocycles. The molecule has 216 valence electrons. The van der Waals surface area contributed by atoms with E-state index in [4.69, 9.17) is 0 Å². The lowest BCUT2D eigenvalue weighted by Crippen LogP contribution is -2.55. The summed E-state index contributed by atoms with van der Waals surface area (Å²) in [6.07, 6.45) is 6.17. The van der Waals surface area contributed by atoms with E-state index < -0.39 is 0 Å². The number of hydrogen-bond acceptors (Lipinski definition) is 5. The molecule has 2 aromatic rings. The zero-order valence-electron chi connectivity index (χ0n) is 26.4. The van der Waals surface area contributed by atoms with Gasteiger partial charge >= 0.3 is 12.1 Å². The molecule has 0 spiro atoms. The molecule has 0 radical (unpaired) electrons. The van der Waals surface area contributed by atoms with Gasteiger partial charge in [-0.15, -0.1) is 0 Å². The molecule has 0 N–H and O–H groups in total. The number of aromatic nitrogens is 3. The van der Waals surface area contributed by atoms with E-state index in [1.807, 2.05) is 0 Å². The lowest BCUT2D eigenvalue weighted by Gasteiger charge is -2.36. The summed E-state index contributed by atoms with van der Waals surface area (Å²) in [7, 11) is 4.58. The van der Waals surface area contributed by atoms with Crippen molar-refractivity contribution in [3.63, 3.8) is 0 Å². The fraction of sp³-hybridized carbons (Fsp3) is 0.581. The molecule has 0 unspecified atom stereocenters. The van der Waals surface area contributed by atoms with Crippen molar-refractivity contribution in [2.24, 2.45) is 0 Å². The summed E-state index contributed by atoms with van der Waals surface area (Å²) in [5, 5.41) is 0. The van der Waals surface area contributed by atoms with Crippen molar-refractivity contribution in [1.29, 1.82) is 0 Å². The SMILES string of the molecule is C=C1N(C)C(=O)N(C)C(=O)N1C.CCc1c(C)c(CC)c(C)c(CC)c1C.CCc1nc(CC)nc(CC)n1. The zero-order valence-corrected chi connectivity index (χ0v) is 26.4. The number of nitrogens with zero attached hydrogens (tertiary/aromatic N) is 6. The maximum Gasteiger partial charge on any atom is 0.333 e. The van der Waals surface area contributed by atoms with Crippen molar-refractivity contribution in [3.8, 4) is 0 Å². The predicted molar refractivity (Wildman–Crippen MR) is 160 cm³/mol. The summed E-state index contributed by atoms with van der Waals surface area (Å²) in [5.41, 5.74) is 9.34. The van der Waals surface area contributed by atoms with Crippen LogP contribution in [-0.2, 0) is 38.5 Å². The Hall–Kier alpha value is -3.29. The highest BCUT2D eigenvalue weighted by Crippen LogP contribution is 2.28. The van der Waals surface area contributed by atoms with Gasteiger partial charge in [0.2, 0.25) is 0 Å². The fourth-order valence-electron chi connectivity index (χ4n) is 4.96. The Labute approximate surface area is 236 Å². The Bertz CT molecular complexity index is 980. The van der Waals surface area contributed by atoms with Gasteiger partial charge in [-0.2, -0.15) is 0 Å². The van der Waals surface area contributed by atoms with Crippen LogP contribution in [0.15, 0.2) is 12.4 Å². The summed E-state index contributed by atoms with van der Waals surface area (Å²) in [5.74, 6) is 3.14. The largest absolute Gasteiger partial charge is 0.333 e. The first-order chi connectivity index (χ1) is 18.3. The van der Waals surface area contributed by atoms with Gasteiger partial charge in [0.25, 0.3) is 0 Å². The molecule has 3 rings (SSSR count). The lowest BCUT2D eigenvalue weighted by molar-refractivity contribution is 0.134. The molecule has 1 aromatic carbocycles. The highest BCUT2D eigenvalue weighted by atomic mass is 16.2. The first kappa shape index (κ1) is 33.7. The Morgan fingerprint density at radius 1 is 0.513 bits per heavy atom. The summed E-state index contributed by atoms with van der Waals surface area (Å²) < 4.78 is 0. The third kappa shape index (κ3) is 7.87. The highest BCUT2D eigenvalue weighted by Gasteiger charge is 2.33. The van der Waals surface area contributed by atoms with E-state index in [9.17, 15) is 9.59 Å². The van der Waals surface area contributed by atoms with E-state index >= 15 is 0 Å². The van der Waals surface area contributed by atoms with Crippen LogP contribution in [0.1, 0.15) is 92.4 Å². The van der Waals surface area contributed by atoms with Gasteiger partial charge in [-0.05, 0) is 73.4 Å². The standard InChI is InChI=1S/C15H24.C9H15N3.C7H11N3O2/c1-7-13-10(4)14(8-2)12(6)15(9-3)11(13)5;1-4-7-10-8(5-2)12-9(6-3)11-7;1-5-8(2)6(11)10(4)7(12)9(5)3/h7-9H2,1-6H3;4-6H2,1-3H3;1H2,2-4H3. The van der Waals surface area contributed by atoms with Gasteiger partial charge in [0.05, 0.1) is 0 Å². The molecule has 2 heterocycles. The third-order valence-corrected chi connectivity index (χ3v) is 7.42. The average molecular weight is 539 g/mol. The van der Waals surface area contributed by atoms with Gasteiger partial charge < -0.3 is 0 Å². The molecule has 4 amide bonds. The number of urea groups is 2. The van der Waals surface area contributed by atoms with Crippen LogP contribution < -0.4 is 0 Å². The number of hydrogen-bond donors (Lipinski definition) is 0. The van der Waals surface area contributed by atoms with E-state index in [0.717, 1.165) is 60.9 Å². The molecular formula is C31H50N6O2. The molecule has 1 saturated heterocycles. The molecule has 8 heteroatoms. The first-order valence-corrected chi connectivity index (χ1v) is 14.2. The van der Waals surface area contributed by atoms with Gasteiger partial charge in [-0.25, -0.2) is 29.4 Å². The molecule has 1 aromatic heterocycles. The number of benzene rings is 1. The van der Waals surface area contributed by atoms with Crippen LogP contribution in [0.3, 0.4) is 0 Å². The van der Waals surface area contributed by atoms with Crippen LogP contribution in [0.2, 0.25) is 0 Å². The molecule has 39 heavy (non-hydrogen) atoms. The first-order valence-electron chi connectivity index (χ1n) is 14.2. The zero-order chi connectivity index (χ0) is 30.0. The van der Waals surface area contributed by atoms with Crippen molar-refractivity contribution in [2.45, 2.75) is 101 Å². The number of rotatable bonds is 6. The fourth-order valence-corrected chi connectivity index (χ4v) is 4.96. The number of carbonyl (C=O) groups excluding carboxylic acids is 2. The Morgan fingerprint density at radius 2 is 0.769 bits per heavy atom. The van der Waals surface area contributed by atoms with Gasteiger partial charge in [-0.3, -0.25) is 9.80 Å². The van der Waals surface area contributed by atoms with Crippen LogP contribution in [0.5, 0.6) is 0 Å². The monoisotopic (exact) mass is 538 g/mol. The summed E-state index contributed by atoms with van der Waals surface area (Å²) in [4.78, 5) is 39.0. The third-order valence-electron chi connectivity index (χ3n) is 7.42. The minimum Gasteiger partial charge on any atom is -0.283 e. The summed E-state index contributed by atoms with van der Waals surface area (Å²) in [6.45, 7) is 23.5. The van der Waals surface area contributed by atoms with E-state index in [-0.39, 0.29) is 12.1 Å². The topological polar surface area (TPSA) is 82.5 Å². The van der Waals surface area contributed by atoms with Crippen molar-refractivity contribution in [2.75, 3.05) is 21.1 Å². The van der Waals surface area contributed by atoms with E-state index in [1.54, 1.807) is 30.8 Å². The number of aryl methyl sites for hydroxylation is 3. The number of imide groups is 1.